The summed E-state index contributed by atoms with van der Waals surface area (Å²) in [6.07, 6.45) is 7.04. The van der Waals surface area contributed by atoms with Crippen molar-refractivity contribution in [3.8, 4) is 0 Å². The van der Waals surface area contributed by atoms with Crippen molar-refractivity contribution in [2.75, 3.05) is 0 Å². The third-order valence-electron chi connectivity index (χ3n) is 4.39. The van der Waals surface area contributed by atoms with Crippen molar-refractivity contribution in [2.45, 2.75) is 65.0 Å². The van der Waals surface area contributed by atoms with E-state index >= 15 is 0 Å². The normalized spacial score (nSPS) is 16.0. The minimum Gasteiger partial charge on any atom is -0.323 e. The second-order valence-electron chi connectivity index (χ2n) is 5.91. The Kier molecular flexibility index (Phi) is 4.45. The van der Waals surface area contributed by atoms with Crippen molar-refractivity contribution in [1.29, 1.82) is 0 Å². The zero-order valence-corrected chi connectivity index (χ0v) is 13.9. The molecule has 21 heavy (non-hydrogen) atoms. The van der Waals surface area contributed by atoms with Crippen LogP contribution >= 0.6 is 11.3 Å². The Bertz CT molecular complexity index is 588. The summed E-state index contributed by atoms with van der Waals surface area (Å²) < 4.78 is 2.10. The number of aryl methyl sites for hydroxylation is 4. The molecule has 0 spiro atoms. The summed E-state index contributed by atoms with van der Waals surface area (Å²) >= 11 is 1.93. The summed E-state index contributed by atoms with van der Waals surface area (Å²) in [7, 11) is 0. The molecule has 1 unspecified atom stereocenters. The molecule has 3 nitrogen and oxygen atoms in total. The van der Waals surface area contributed by atoms with E-state index in [2.05, 4.69) is 35.8 Å². The van der Waals surface area contributed by atoms with Gasteiger partial charge in [0.05, 0.1) is 5.69 Å². The summed E-state index contributed by atoms with van der Waals surface area (Å²) in [5.74, 6) is 0. The molecular weight excluding hydrogens is 278 g/mol. The maximum atomic E-state index is 6.48. The molecule has 0 aromatic carbocycles. The standard InChI is InChI=1S/C17H25N3S/c1-3-13-10-14(20(4-2)19-13)11-15(18)17-9-12-7-5-6-8-16(12)21-17/h9-10,15H,3-8,11,18H2,1-2H3. The number of aromatic nitrogens is 2. The van der Waals surface area contributed by atoms with Gasteiger partial charge in [0.1, 0.15) is 0 Å². The second kappa shape index (κ2) is 6.32. The molecule has 0 saturated carbocycles. The summed E-state index contributed by atoms with van der Waals surface area (Å²) in [4.78, 5) is 2.92. The summed E-state index contributed by atoms with van der Waals surface area (Å²) in [6, 6.07) is 4.68. The van der Waals surface area contributed by atoms with Gasteiger partial charge in [-0.2, -0.15) is 5.10 Å². The average Bonchev–Trinajstić information content (AvgIpc) is 3.10. The Morgan fingerprint density at radius 3 is 2.81 bits per heavy atom. The molecule has 0 bridgehead atoms. The van der Waals surface area contributed by atoms with Gasteiger partial charge in [0.25, 0.3) is 0 Å². The van der Waals surface area contributed by atoms with Crippen LogP contribution < -0.4 is 5.73 Å². The van der Waals surface area contributed by atoms with Crippen LogP contribution in [0.1, 0.15) is 59.4 Å². The van der Waals surface area contributed by atoms with E-state index in [-0.39, 0.29) is 6.04 Å². The lowest BCUT2D eigenvalue weighted by Crippen LogP contribution is -2.15. The van der Waals surface area contributed by atoms with Crippen LogP contribution in [0.4, 0.5) is 0 Å². The molecule has 3 rings (SSSR count). The maximum absolute atomic E-state index is 6.48. The monoisotopic (exact) mass is 303 g/mol. The van der Waals surface area contributed by atoms with E-state index in [4.69, 9.17) is 5.73 Å². The SMILES string of the molecule is CCc1cc(CC(N)c2cc3c(s2)CCCC3)n(CC)n1. The minimum atomic E-state index is 0.104. The van der Waals surface area contributed by atoms with Crippen LogP contribution in [0, 0.1) is 0 Å². The third-order valence-corrected chi connectivity index (χ3v) is 5.75. The first-order chi connectivity index (χ1) is 10.2. The lowest BCUT2D eigenvalue weighted by atomic mass is 9.98. The fraction of sp³-hybridized carbons (Fsp3) is 0.588. The molecule has 0 radical (unpaired) electrons. The van der Waals surface area contributed by atoms with E-state index in [0.717, 1.165) is 19.4 Å². The number of thiophene rings is 1. The van der Waals surface area contributed by atoms with Crippen LogP contribution in [0.5, 0.6) is 0 Å². The highest BCUT2D eigenvalue weighted by molar-refractivity contribution is 7.12. The molecular formula is C17H25N3S. The van der Waals surface area contributed by atoms with Crippen LogP contribution in [-0.4, -0.2) is 9.78 Å². The average molecular weight is 303 g/mol. The van der Waals surface area contributed by atoms with E-state index in [1.54, 1.807) is 10.4 Å². The molecule has 0 aliphatic heterocycles. The predicted molar refractivity (Wildman–Crippen MR) is 88.9 cm³/mol. The van der Waals surface area contributed by atoms with E-state index in [1.807, 2.05) is 11.3 Å². The smallest absolute Gasteiger partial charge is 0.0624 e. The van der Waals surface area contributed by atoms with E-state index < -0.39 is 0 Å². The fourth-order valence-electron chi connectivity index (χ4n) is 3.15. The van der Waals surface area contributed by atoms with Crippen LogP contribution in [0.15, 0.2) is 12.1 Å². The van der Waals surface area contributed by atoms with Crippen LogP contribution in [0.2, 0.25) is 0 Å². The Morgan fingerprint density at radius 2 is 2.10 bits per heavy atom. The number of nitrogens with zero attached hydrogens (tertiary/aromatic N) is 2. The number of hydrogen-bond acceptors (Lipinski definition) is 3. The van der Waals surface area contributed by atoms with Gasteiger partial charge in [0.15, 0.2) is 0 Å². The summed E-state index contributed by atoms with van der Waals surface area (Å²) in [5.41, 5.74) is 10.5. The van der Waals surface area contributed by atoms with E-state index in [9.17, 15) is 0 Å². The molecule has 4 heteroatoms. The van der Waals surface area contributed by atoms with Gasteiger partial charge in [-0.15, -0.1) is 11.3 Å². The Morgan fingerprint density at radius 1 is 1.29 bits per heavy atom. The van der Waals surface area contributed by atoms with Crippen LogP contribution in [0.25, 0.3) is 0 Å². The highest BCUT2D eigenvalue weighted by atomic mass is 32.1. The van der Waals surface area contributed by atoms with Crippen molar-refractivity contribution in [3.05, 3.63) is 38.8 Å². The lowest BCUT2D eigenvalue weighted by Gasteiger charge is -2.10. The maximum Gasteiger partial charge on any atom is 0.0624 e. The van der Waals surface area contributed by atoms with Crippen molar-refractivity contribution in [3.63, 3.8) is 0 Å². The Labute approximate surface area is 131 Å². The quantitative estimate of drug-likeness (QED) is 0.916. The molecule has 2 heterocycles. The number of fused-ring (bicyclic) bond motifs is 1. The van der Waals surface area contributed by atoms with E-state index in [1.165, 1.54) is 41.9 Å². The summed E-state index contributed by atoms with van der Waals surface area (Å²) in [6.45, 7) is 5.22. The van der Waals surface area contributed by atoms with Crippen molar-refractivity contribution < 1.29 is 0 Å². The number of nitrogens with two attached hydrogens (primary N) is 1. The van der Waals surface area contributed by atoms with Gasteiger partial charge < -0.3 is 5.73 Å². The lowest BCUT2D eigenvalue weighted by molar-refractivity contribution is 0.588. The number of rotatable bonds is 5. The molecule has 1 aliphatic rings. The van der Waals surface area contributed by atoms with Gasteiger partial charge in [0, 0.05) is 34.5 Å². The Balaban J connectivity index is 1.78. The molecule has 0 fully saturated rings. The van der Waals surface area contributed by atoms with Gasteiger partial charge in [0.2, 0.25) is 0 Å². The molecule has 0 amide bonds. The largest absolute Gasteiger partial charge is 0.323 e. The first-order valence-electron chi connectivity index (χ1n) is 8.14. The fourth-order valence-corrected chi connectivity index (χ4v) is 4.41. The van der Waals surface area contributed by atoms with Gasteiger partial charge >= 0.3 is 0 Å². The first-order valence-corrected chi connectivity index (χ1v) is 8.95. The molecule has 2 aromatic heterocycles. The van der Waals surface area contributed by atoms with Gasteiger partial charge in [-0.05, 0) is 56.7 Å². The van der Waals surface area contributed by atoms with Gasteiger partial charge in [-0.25, -0.2) is 0 Å². The summed E-state index contributed by atoms with van der Waals surface area (Å²) in [5, 5.41) is 4.62. The molecule has 2 aromatic rings. The van der Waals surface area contributed by atoms with Crippen molar-refractivity contribution in [2.24, 2.45) is 5.73 Å². The molecule has 1 atom stereocenters. The molecule has 0 saturated heterocycles. The third kappa shape index (κ3) is 3.06. The second-order valence-corrected chi connectivity index (χ2v) is 7.08. The highest BCUT2D eigenvalue weighted by Crippen LogP contribution is 2.33. The highest BCUT2D eigenvalue weighted by Gasteiger charge is 2.18. The zero-order valence-electron chi connectivity index (χ0n) is 13.1. The first kappa shape index (κ1) is 14.8. The zero-order chi connectivity index (χ0) is 14.8. The Hall–Kier alpha value is -1.13. The minimum absolute atomic E-state index is 0.104. The molecule has 2 N–H and O–H groups in total. The molecule has 1 aliphatic carbocycles. The van der Waals surface area contributed by atoms with Gasteiger partial charge in [-0.3, -0.25) is 4.68 Å². The van der Waals surface area contributed by atoms with Gasteiger partial charge in [-0.1, -0.05) is 6.92 Å². The van der Waals surface area contributed by atoms with Crippen LogP contribution in [-0.2, 0) is 32.2 Å². The van der Waals surface area contributed by atoms with Crippen molar-refractivity contribution in [1.82, 2.24) is 9.78 Å². The number of hydrogen-bond donors (Lipinski definition) is 1. The predicted octanol–water partition coefficient (Wildman–Crippen LogP) is 3.65. The molecule has 114 valence electrons. The van der Waals surface area contributed by atoms with Crippen molar-refractivity contribution >= 4 is 11.3 Å². The topological polar surface area (TPSA) is 43.8 Å². The van der Waals surface area contributed by atoms with E-state index in [0.29, 0.717) is 0 Å². The van der Waals surface area contributed by atoms with Crippen LogP contribution in [0.3, 0.4) is 0 Å².